The van der Waals surface area contributed by atoms with E-state index in [-0.39, 0.29) is 24.3 Å². The van der Waals surface area contributed by atoms with E-state index in [1.165, 1.54) is 0 Å². The molecule has 0 saturated carbocycles. The Hall–Kier alpha value is -1.28. The second kappa shape index (κ2) is 5.49. The van der Waals surface area contributed by atoms with Crippen molar-refractivity contribution >= 4 is 31.2 Å². The Labute approximate surface area is 125 Å². The number of rotatable bonds is 3. The van der Waals surface area contributed by atoms with Crippen molar-refractivity contribution in [1.29, 1.82) is 0 Å². The zero-order chi connectivity index (χ0) is 15.8. The molecule has 21 heavy (non-hydrogen) atoms. The summed E-state index contributed by atoms with van der Waals surface area (Å²) >= 11 is 0. The van der Waals surface area contributed by atoms with Crippen molar-refractivity contribution in [2.45, 2.75) is 31.9 Å². The van der Waals surface area contributed by atoms with Crippen LogP contribution in [0, 0.1) is 13.8 Å². The van der Waals surface area contributed by atoms with Crippen LogP contribution in [0.3, 0.4) is 0 Å². The van der Waals surface area contributed by atoms with Crippen LogP contribution in [0.15, 0.2) is 12.1 Å². The Kier molecular flexibility index (Phi) is 4.21. The molecule has 1 aromatic carbocycles. The van der Waals surface area contributed by atoms with E-state index in [4.69, 9.17) is 5.73 Å². The molecule has 1 saturated heterocycles. The van der Waals surface area contributed by atoms with Crippen LogP contribution in [0.25, 0.3) is 0 Å². The zero-order valence-electron chi connectivity index (χ0n) is 12.1. The first-order valence-corrected chi connectivity index (χ1v) is 10.1. The minimum Gasteiger partial charge on any atom is -0.398 e. The maximum absolute atomic E-state index is 12.4. The number of hydrogen-bond acceptors (Lipinski definition) is 5. The molecular weight excluding hydrogens is 312 g/mol. The van der Waals surface area contributed by atoms with Gasteiger partial charge >= 0.3 is 0 Å². The molecule has 1 fully saturated rings. The average molecular weight is 332 g/mol. The van der Waals surface area contributed by atoms with E-state index in [1.54, 1.807) is 26.0 Å². The van der Waals surface area contributed by atoms with Crippen LogP contribution >= 0.6 is 0 Å². The number of benzene rings is 1. The third-order valence-electron chi connectivity index (χ3n) is 3.90. The quantitative estimate of drug-likeness (QED) is 0.809. The van der Waals surface area contributed by atoms with Gasteiger partial charge in [-0.25, -0.2) is 16.8 Å². The van der Waals surface area contributed by atoms with Crippen molar-refractivity contribution < 1.29 is 16.8 Å². The molecule has 0 bridgehead atoms. The van der Waals surface area contributed by atoms with Gasteiger partial charge in [0.25, 0.3) is 0 Å². The smallest absolute Gasteiger partial charge is 0.235 e. The van der Waals surface area contributed by atoms with E-state index in [1.807, 2.05) is 0 Å². The van der Waals surface area contributed by atoms with Gasteiger partial charge < -0.3 is 5.73 Å². The molecule has 0 aromatic heterocycles. The number of aryl methyl sites for hydroxylation is 1. The molecular formula is C13H20N2O4S2. The van der Waals surface area contributed by atoms with Crippen molar-refractivity contribution in [2.75, 3.05) is 22.0 Å². The van der Waals surface area contributed by atoms with Gasteiger partial charge in [-0.3, -0.25) is 4.72 Å². The Morgan fingerprint density at radius 2 is 1.76 bits per heavy atom. The topological polar surface area (TPSA) is 106 Å². The van der Waals surface area contributed by atoms with Crippen LogP contribution < -0.4 is 10.5 Å². The number of sulfonamides is 1. The van der Waals surface area contributed by atoms with Gasteiger partial charge in [-0.2, -0.15) is 0 Å². The molecule has 1 aliphatic heterocycles. The molecule has 1 heterocycles. The summed E-state index contributed by atoms with van der Waals surface area (Å²) in [5.41, 5.74) is 8.28. The van der Waals surface area contributed by atoms with Gasteiger partial charge in [-0.05, 0) is 43.9 Å². The zero-order valence-corrected chi connectivity index (χ0v) is 13.7. The number of hydrogen-bond donors (Lipinski definition) is 2. The van der Waals surface area contributed by atoms with Crippen molar-refractivity contribution in [3.05, 3.63) is 23.3 Å². The first kappa shape index (κ1) is 16.1. The van der Waals surface area contributed by atoms with Crippen LogP contribution in [-0.2, 0) is 19.9 Å². The third-order valence-corrected chi connectivity index (χ3v) is 7.45. The lowest BCUT2D eigenvalue weighted by Crippen LogP contribution is -2.36. The minimum absolute atomic E-state index is 0.0759. The number of nitrogens with one attached hydrogen (secondary N) is 1. The molecule has 0 spiro atoms. The van der Waals surface area contributed by atoms with Crippen molar-refractivity contribution in [3.63, 3.8) is 0 Å². The molecule has 0 unspecified atom stereocenters. The summed E-state index contributed by atoms with van der Waals surface area (Å²) in [6, 6.07) is 3.49. The molecule has 8 heteroatoms. The highest BCUT2D eigenvalue weighted by Gasteiger charge is 2.33. The molecule has 0 atom stereocenters. The Bertz CT molecular complexity index is 741. The van der Waals surface area contributed by atoms with Gasteiger partial charge in [0.05, 0.1) is 22.4 Å². The summed E-state index contributed by atoms with van der Waals surface area (Å²) in [6.45, 7) is 3.56. The van der Waals surface area contributed by atoms with Crippen LogP contribution in [-0.4, -0.2) is 33.6 Å². The van der Waals surface area contributed by atoms with Crippen LogP contribution in [0.4, 0.5) is 11.4 Å². The van der Waals surface area contributed by atoms with Crippen molar-refractivity contribution in [1.82, 2.24) is 0 Å². The monoisotopic (exact) mass is 332 g/mol. The Morgan fingerprint density at radius 3 is 2.33 bits per heavy atom. The number of nitrogen functional groups attached to an aromatic ring is 1. The SMILES string of the molecule is Cc1ccc(N)c(C)c1NS(=O)(=O)C1CCS(=O)(=O)CC1. The van der Waals surface area contributed by atoms with E-state index in [2.05, 4.69) is 4.72 Å². The summed E-state index contributed by atoms with van der Waals surface area (Å²) in [5, 5.41) is -0.679. The van der Waals surface area contributed by atoms with Crippen LogP contribution in [0.2, 0.25) is 0 Å². The molecule has 1 aliphatic rings. The fourth-order valence-corrected chi connectivity index (χ4v) is 5.84. The average Bonchev–Trinajstić information content (AvgIpc) is 2.39. The highest BCUT2D eigenvalue weighted by Crippen LogP contribution is 2.28. The maximum Gasteiger partial charge on any atom is 0.235 e. The van der Waals surface area contributed by atoms with E-state index in [0.717, 1.165) is 5.56 Å². The standard InChI is InChI=1S/C13H20N2O4S2/c1-9-3-4-12(14)10(2)13(9)15-21(18,19)11-5-7-20(16,17)8-6-11/h3-4,11,15H,5-8,14H2,1-2H3. The maximum atomic E-state index is 12.4. The highest BCUT2D eigenvalue weighted by molar-refractivity contribution is 7.94. The molecule has 3 N–H and O–H groups in total. The number of nitrogens with two attached hydrogens (primary N) is 1. The summed E-state index contributed by atoms with van der Waals surface area (Å²) in [4.78, 5) is 0. The van der Waals surface area contributed by atoms with E-state index >= 15 is 0 Å². The minimum atomic E-state index is -3.62. The first-order valence-electron chi connectivity index (χ1n) is 6.70. The van der Waals surface area contributed by atoms with Gasteiger partial charge in [0.2, 0.25) is 10.0 Å². The summed E-state index contributed by atoms with van der Waals surface area (Å²) in [6.07, 6.45) is 0.274. The molecule has 2 rings (SSSR count). The van der Waals surface area contributed by atoms with Gasteiger partial charge in [0, 0.05) is 5.69 Å². The fourth-order valence-electron chi connectivity index (χ4n) is 2.42. The lowest BCUT2D eigenvalue weighted by molar-refractivity contribution is 0.555. The molecule has 1 aromatic rings. The second-order valence-corrected chi connectivity index (χ2v) is 9.73. The largest absolute Gasteiger partial charge is 0.398 e. The van der Waals surface area contributed by atoms with E-state index in [0.29, 0.717) is 16.9 Å². The van der Waals surface area contributed by atoms with Crippen molar-refractivity contribution in [3.8, 4) is 0 Å². The normalized spacial score (nSPS) is 19.3. The number of sulfone groups is 1. The summed E-state index contributed by atoms with van der Waals surface area (Å²) in [5.74, 6) is -0.152. The molecule has 0 radical (unpaired) electrons. The van der Waals surface area contributed by atoms with Crippen molar-refractivity contribution in [2.24, 2.45) is 0 Å². The van der Waals surface area contributed by atoms with Crippen LogP contribution in [0.1, 0.15) is 24.0 Å². The highest BCUT2D eigenvalue weighted by atomic mass is 32.2. The predicted molar refractivity (Wildman–Crippen MR) is 84.5 cm³/mol. The van der Waals surface area contributed by atoms with Crippen LogP contribution in [0.5, 0.6) is 0 Å². The molecule has 0 amide bonds. The van der Waals surface area contributed by atoms with Gasteiger partial charge in [0.15, 0.2) is 0 Å². The van der Waals surface area contributed by atoms with Gasteiger partial charge in [-0.1, -0.05) is 6.07 Å². The Morgan fingerprint density at radius 1 is 1.19 bits per heavy atom. The molecule has 6 nitrogen and oxygen atoms in total. The fraction of sp³-hybridized carbons (Fsp3) is 0.538. The van der Waals surface area contributed by atoms with Gasteiger partial charge in [-0.15, -0.1) is 0 Å². The summed E-state index contributed by atoms with van der Waals surface area (Å²) < 4.78 is 50.3. The first-order chi connectivity index (χ1) is 9.62. The predicted octanol–water partition coefficient (Wildman–Crippen LogP) is 1.20. The lowest BCUT2D eigenvalue weighted by Gasteiger charge is -2.24. The molecule has 118 valence electrons. The van der Waals surface area contributed by atoms with E-state index in [9.17, 15) is 16.8 Å². The molecule has 0 aliphatic carbocycles. The number of anilines is 2. The van der Waals surface area contributed by atoms with E-state index < -0.39 is 25.1 Å². The lowest BCUT2D eigenvalue weighted by atomic mass is 10.1. The third kappa shape index (κ3) is 3.49. The van der Waals surface area contributed by atoms with Gasteiger partial charge in [0.1, 0.15) is 9.84 Å². The summed E-state index contributed by atoms with van der Waals surface area (Å²) in [7, 11) is -6.70. The Balaban J connectivity index is 2.25. The second-order valence-electron chi connectivity index (χ2n) is 5.47.